The molecular weight excluding hydrogens is 262 g/mol. The summed E-state index contributed by atoms with van der Waals surface area (Å²) in [6.45, 7) is 2.18. The molecule has 1 N–H and O–H groups in total. The number of nitrogens with zero attached hydrogens (tertiary/aromatic N) is 3. The summed E-state index contributed by atoms with van der Waals surface area (Å²) >= 11 is 0. The van der Waals surface area contributed by atoms with Crippen molar-refractivity contribution in [3.8, 4) is 5.69 Å². The van der Waals surface area contributed by atoms with Crippen molar-refractivity contribution < 1.29 is 5.11 Å². The first kappa shape index (κ1) is 12.8. The number of hydrogen-bond acceptors (Lipinski definition) is 3. The highest BCUT2D eigenvalue weighted by atomic mass is 16.3. The van der Waals surface area contributed by atoms with Gasteiger partial charge in [0.1, 0.15) is 0 Å². The first-order chi connectivity index (χ1) is 10.2. The average Bonchev–Trinajstić information content (AvgIpc) is 3.08. The van der Waals surface area contributed by atoms with Crippen molar-refractivity contribution in [1.29, 1.82) is 0 Å². The van der Waals surface area contributed by atoms with Crippen molar-refractivity contribution in [1.82, 2.24) is 14.8 Å². The maximum Gasteiger partial charge on any atom is 0.0835 e. The molecule has 2 atom stereocenters. The van der Waals surface area contributed by atoms with Crippen LogP contribution in [0.5, 0.6) is 0 Å². The zero-order valence-corrected chi connectivity index (χ0v) is 12.2. The summed E-state index contributed by atoms with van der Waals surface area (Å²) in [5.41, 5.74) is 4.69. The lowest BCUT2D eigenvalue weighted by Gasteiger charge is -2.36. The van der Waals surface area contributed by atoms with Gasteiger partial charge in [0.05, 0.1) is 29.9 Å². The Morgan fingerprint density at radius 3 is 3.10 bits per heavy atom. The molecule has 4 heteroatoms. The number of fused-ring (bicyclic) bond motifs is 2. The van der Waals surface area contributed by atoms with Gasteiger partial charge in [0.15, 0.2) is 0 Å². The van der Waals surface area contributed by atoms with Crippen LogP contribution in [0.1, 0.15) is 37.4 Å². The Bertz CT molecular complexity index is 704. The van der Waals surface area contributed by atoms with Gasteiger partial charge in [-0.2, -0.15) is 5.10 Å². The maximum atomic E-state index is 10.4. The zero-order chi connectivity index (χ0) is 14.4. The molecule has 0 saturated heterocycles. The Labute approximate surface area is 124 Å². The van der Waals surface area contributed by atoms with Crippen LogP contribution in [-0.4, -0.2) is 26.0 Å². The van der Waals surface area contributed by atoms with Crippen LogP contribution in [0.2, 0.25) is 0 Å². The van der Waals surface area contributed by atoms with Gasteiger partial charge in [-0.3, -0.25) is 4.98 Å². The Morgan fingerprint density at radius 1 is 1.43 bits per heavy atom. The van der Waals surface area contributed by atoms with Crippen molar-refractivity contribution in [3.63, 3.8) is 0 Å². The summed E-state index contributed by atoms with van der Waals surface area (Å²) in [5.74, 6) is 0. The van der Waals surface area contributed by atoms with E-state index in [4.69, 9.17) is 0 Å². The minimum absolute atomic E-state index is 0.0597. The predicted molar refractivity (Wildman–Crippen MR) is 81.0 cm³/mol. The normalized spacial score (nSPS) is 27.1. The molecule has 2 aromatic rings. The fourth-order valence-corrected chi connectivity index (χ4v) is 3.94. The first-order valence-electron chi connectivity index (χ1n) is 7.61. The molecule has 0 aliphatic heterocycles. The number of aliphatic hydroxyl groups is 1. The van der Waals surface area contributed by atoms with Gasteiger partial charge in [0.25, 0.3) is 0 Å². The van der Waals surface area contributed by atoms with E-state index in [2.05, 4.69) is 23.1 Å². The van der Waals surface area contributed by atoms with E-state index in [1.165, 1.54) is 11.1 Å². The molecule has 4 rings (SSSR count). The standard InChI is InChI=1S/C17H19N3O/c1-2-17-9-12-10-19-20(14-4-3-7-18-11-14)15(12)8-13(17)5-6-16(17)21/h3-4,7-8,10-11,16,21H,2,5-6,9H2,1H3/t16-,17-/m0/s1. The molecular formula is C17H19N3O. The minimum atomic E-state index is -0.219. The molecule has 0 unspecified atom stereocenters. The molecule has 0 radical (unpaired) electrons. The van der Waals surface area contributed by atoms with E-state index in [-0.39, 0.29) is 11.5 Å². The molecule has 1 saturated carbocycles. The molecule has 0 spiro atoms. The maximum absolute atomic E-state index is 10.4. The second-order valence-corrected chi connectivity index (χ2v) is 6.09. The summed E-state index contributed by atoms with van der Waals surface area (Å²) in [6, 6.07) is 3.94. The van der Waals surface area contributed by atoms with Crippen molar-refractivity contribution >= 4 is 6.08 Å². The number of aromatic nitrogens is 3. The van der Waals surface area contributed by atoms with E-state index >= 15 is 0 Å². The topological polar surface area (TPSA) is 50.9 Å². The average molecular weight is 281 g/mol. The van der Waals surface area contributed by atoms with Gasteiger partial charge < -0.3 is 5.11 Å². The number of aliphatic hydroxyl groups excluding tert-OH is 1. The fourth-order valence-electron chi connectivity index (χ4n) is 3.94. The van der Waals surface area contributed by atoms with Crippen LogP contribution in [0.3, 0.4) is 0 Å². The van der Waals surface area contributed by atoms with Gasteiger partial charge in [-0.1, -0.05) is 12.5 Å². The third kappa shape index (κ3) is 1.72. The molecule has 2 aliphatic carbocycles. The van der Waals surface area contributed by atoms with Crippen LogP contribution in [-0.2, 0) is 6.42 Å². The van der Waals surface area contributed by atoms with Crippen molar-refractivity contribution in [2.24, 2.45) is 5.41 Å². The van der Waals surface area contributed by atoms with Crippen LogP contribution < -0.4 is 0 Å². The molecule has 2 aromatic heterocycles. The lowest BCUT2D eigenvalue weighted by atomic mass is 9.70. The molecule has 21 heavy (non-hydrogen) atoms. The Hall–Kier alpha value is -1.94. The first-order valence-corrected chi connectivity index (χ1v) is 7.61. The molecule has 2 heterocycles. The summed E-state index contributed by atoms with van der Waals surface area (Å²) in [6.07, 6.45) is 11.3. The molecule has 1 fully saturated rings. The van der Waals surface area contributed by atoms with Gasteiger partial charge in [-0.25, -0.2) is 4.68 Å². The lowest BCUT2D eigenvalue weighted by molar-refractivity contribution is 0.0684. The number of pyridine rings is 1. The van der Waals surface area contributed by atoms with E-state index in [1.54, 1.807) is 6.20 Å². The predicted octanol–water partition coefficient (Wildman–Crippen LogP) is 2.76. The zero-order valence-electron chi connectivity index (χ0n) is 12.2. The highest BCUT2D eigenvalue weighted by molar-refractivity contribution is 5.62. The SMILES string of the molecule is CC[C@]12Cc3cnn(-c4cccnc4)c3C=C1CC[C@@H]2O. The van der Waals surface area contributed by atoms with Crippen LogP contribution in [0, 0.1) is 5.41 Å². The molecule has 0 aromatic carbocycles. The van der Waals surface area contributed by atoms with E-state index in [0.717, 1.165) is 37.1 Å². The van der Waals surface area contributed by atoms with E-state index < -0.39 is 0 Å². The van der Waals surface area contributed by atoms with Crippen LogP contribution >= 0.6 is 0 Å². The molecule has 4 nitrogen and oxygen atoms in total. The largest absolute Gasteiger partial charge is 0.392 e. The molecule has 0 bridgehead atoms. The van der Waals surface area contributed by atoms with Gasteiger partial charge in [-0.05, 0) is 49.5 Å². The third-order valence-electron chi connectivity index (χ3n) is 5.19. The van der Waals surface area contributed by atoms with Crippen LogP contribution in [0.4, 0.5) is 0 Å². The van der Waals surface area contributed by atoms with Crippen LogP contribution in [0.25, 0.3) is 11.8 Å². The third-order valence-corrected chi connectivity index (χ3v) is 5.19. The molecule has 108 valence electrons. The minimum Gasteiger partial charge on any atom is -0.392 e. The van der Waals surface area contributed by atoms with E-state index in [0.29, 0.717) is 0 Å². The van der Waals surface area contributed by atoms with Crippen molar-refractivity contribution in [2.75, 3.05) is 0 Å². The quantitative estimate of drug-likeness (QED) is 0.921. The van der Waals surface area contributed by atoms with Crippen LogP contribution in [0.15, 0.2) is 36.3 Å². The Kier molecular flexibility index (Phi) is 2.76. The Balaban J connectivity index is 1.84. The highest BCUT2D eigenvalue weighted by Crippen LogP contribution is 2.51. The monoisotopic (exact) mass is 281 g/mol. The van der Waals surface area contributed by atoms with Gasteiger partial charge in [0.2, 0.25) is 0 Å². The van der Waals surface area contributed by atoms with Gasteiger partial charge in [-0.15, -0.1) is 0 Å². The number of hydrogen-bond donors (Lipinski definition) is 1. The fraction of sp³-hybridized carbons (Fsp3) is 0.412. The Morgan fingerprint density at radius 2 is 2.33 bits per heavy atom. The van der Waals surface area contributed by atoms with E-state index in [9.17, 15) is 5.11 Å². The van der Waals surface area contributed by atoms with Crippen molar-refractivity contribution in [2.45, 2.75) is 38.7 Å². The summed E-state index contributed by atoms with van der Waals surface area (Å²) in [7, 11) is 0. The van der Waals surface area contributed by atoms with Crippen molar-refractivity contribution in [3.05, 3.63) is 47.6 Å². The smallest absolute Gasteiger partial charge is 0.0835 e. The number of rotatable bonds is 2. The summed E-state index contributed by atoms with van der Waals surface area (Å²) < 4.78 is 1.96. The van der Waals surface area contributed by atoms with Gasteiger partial charge >= 0.3 is 0 Å². The van der Waals surface area contributed by atoms with E-state index in [1.807, 2.05) is 29.2 Å². The van der Waals surface area contributed by atoms with Gasteiger partial charge in [0, 0.05) is 11.6 Å². The summed E-state index contributed by atoms with van der Waals surface area (Å²) in [4.78, 5) is 4.18. The highest BCUT2D eigenvalue weighted by Gasteiger charge is 2.47. The molecule has 0 amide bonds. The summed E-state index contributed by atoms with van der Waals surface area (Å²) in [5, 5.41) is 15.0. The second kappa shape index (κ2) is 4.53. The second-order valence-electron chi connectivity index (χ2n) is 6.09. The lowest BCUT2D eigenvalue weighted by Crippen LogP contribution is -2.34. The molecule has 2 aliphatic rings.